The number of methoxy groups -OCH3 is 2. The van der Waals surface area contributed by atoms with E-state index in [0.717, 1.165) is 12.8 Å². The summed E-state index contributed by atoms with van der Waals surface area (Å²) in [5.41, 5.74) is 0.106. The predicted molar refractivity (Wildman–Crippen MR) is 71.6 cm³/mol. The van der Waals surface area contributed by atoms with Gasteiger partial charge < -0.3 is 19.3 Å². The third-order valence-corrected chi connectivity index (χ3v) is 2.70. The molecule has 19 heavy (non-hydrogen) atoms. The van der Waals surface area contributed by atoms with Gasteiger partial charge in [0.25, 0.3) is 0 Å². The van der Waals surface area contributed by atoms with E-state index in [1.807, 2.05) is 0 Å². The van der Waals surface area contributed by atoms with Crippen molar-refractivity contribution in [1.29, 1.82) is 0 Å². The Kier molecular flexibility index (Phi) is 5.48. The fourth-order valence-corrected chi connectivity index (χ4v) is 1.75. The summed E-state index contributed by atoms with van der Waals surface area (Å²) in [7, 11) is 2.89. The summed E-state index contributed by atoms with van der Waals surface area (Å²) < 4.78 is 16.0. The number of carbonyl (C=O) groups excluding carboxylic acids is 1. The van der Waals surface area contributed by atoms with Crippen LogP contribution in [0, 0.1) is 0 Å². The zero-order chi connectivity index (χ0) is 14.4. The predicted octanol–water partition coefficient (Wildman–Crippen LogP) is 2.79. The Morgan fingerprint density at radius 1 is 1.26 bits per heavy atom. The molecule has 5 nitrogen and oxygen atoms in total. The number of phenolic OH excluding ortho intramolecular Hbond substituents is 1. The standard InChI is InChI=1S/C14H20O5/c1-5-6-7-19-13-11(17-3)8-10(16)12(9(2)15)14(13)18-4/h8,16H,5-7H2,1-4H3. The monoisotopic (exact) mass is 268 g/mol. The van der Waals surface area contributed by atoms with Crippen molar-refractivity contribution >= 4 is 5.78 Å². The fraction of sp³-hybridized carbons (Fsp3) is 0.500. The number of unbranched alkanes of at least 4 members (excludes halogenated alkanes) is 1. The van der Waals surface area contributed by atoms with Gasteiger partial charge in [0.2, 0.25) is 5.75 Å². The topological polar surface area (TPSA) is 65.0 Å². The van der Waals surface area contributed by atoms with Gasteiger partial charge in [0, 0.05) is 6.07 Å². The highest BCUT2D eigenvalue weighted by molar-refractivity contribution is 6.01. The molecule has 1 aromatic carbocycles. The minimum Gasteiger partial charge on any atom is -0.507 e. The molecule has 0 bridgehead atoms. The molecule has 0 aliphatic heterocycles. The minimum atomic E-state index is -0.294. The van der Waals surface area contributed by atoms with Crippen molar-refractivity contribution in [3.63, 3.8) is 0 Å². The highest BCUT2D eigenvalue weighted by atomic mass is 16.5. The SMILES string of the molecule is CCCCOc1c(OC)cc(O)c(C(C)=O)c1OC. The Bertz CT molecular complexity index is 454. The lowest BCUT2D eigenvalue weighted by atomic mass is 10.1. The second kappa shape index (κ2) is 6.87. The van der Waals surface area contributed by atoms with Crippen molar-refractivity contribution in [3.8, 4) is 23.0 Å². The van der Waals surface area contributed by atoms with Gasteiger partial charge in [-0.15, -0.1) is 0 Å². The Hall–Kier alpha value is -1.91. The van der Waals surface area contributed by atoms with E-state index in [-0.39, 0.29) is 22.8 Å². The number of aromatic hydroxyl groups is 1. The molecule has 0 unspecified atom stereocenters. The first kappa shape index (κ1) is 15.1. The van der Waals surface area contributed by atoms with Crippen LogP contribution in [0.1, 0.15) is 37.0 Å². The van der Waals surface area contributed by atoms with Gasteiger partial charge in [-0.1, -0.05) is 13.3 Å². The van der Waals surface area contributed by atoms with Crippen molar-refractivity contribution in [2.45, 2.75) is 26.7 Å². The van der Waals surface area contributed by atoms with E-state index in [0.29, 0.717) is 18.1 Å². The average molecular weight is 268 g/mol. The molecular formula is C14H20O5. The number of ketones is 1. The largest absolute Gasteiger partial charge is 0.507 e. The van der Waals surface area contributed by atoms with Crippen molar-refractivity contribution < 1.29 is 24.1 Å². The van der Waals surface area contributed by atoms with Gasteiger partial charge in [-0.3, -0.25) is 4.79 Å². The summed E-state index contributed by atoms with van der Waals surface area (Å²) >= 11 is 0. The fourth-order valence-electron chi connectivity index (χ4n) is 1.75. The van der Waals surface area contributed by atoms with Crippen LogP contribution in [0.15, 0.2) is 6.07 Å². The number of ether oxygens (including phenoxy) is 3. The molecule has 1 aromatic rings. The third-order valence-electron chi connectivity index (χ3n) is 2.70. The van der Waals surface area contributed by atoms with Crippen molar-refractivity contribution in [2.24, 2.45) is 0 Å². The molecule has 1 N–H and O–H groups in total. The van der Waals surface area contributed by atoms with Crippen molar-refractivity contribution in [3.05, 3.63) is 11.6 Å². The molecule has 0 aliphatic rings. The Balaban J connectivity index is 3.30. The van der Waals surface area contributed by atoms with Gasteiger partial charge in [-0.25, -0.2) is 0 Å². The van der Waals surface area contributed by atoms with E-state index in [1.54, 1.807) is 0 Å². The van der Waals surface area contributed by atoms with Crippen LogP contribution >= 0.6 is 0 Å². The van der Waals surface area contributed by atoms with E-state index >= 15 is 0 Å². The van der Waals surface area contributed by atoms with E-state index in [4.69, 9.17) is 14.2 Å². The number of hydrogen-bond donors (Lipinski definition) is 1. The van der Waals surface area contributed by atoms with Crippen molar-refractivity contribution in [1.82, 2.24) is 0 Å². The third kappa shape index (κ3) is 3.30. The molecule has 0 fully saturated rings. The molecule has 0 aromatic heterocycles. The first-order valence-corrected chi connectivity index (χ1v) is 6.18. The van der Waals surface area contributed by atoms with Gasteiger partial charge in [-0.2, -0.15) is 0 Å². The quantitative estimate of drug-likeness (QED) is 0.608. The average Bonchev–Trinajstić information content (AvgIpc) is 2.38. The van der Waals surface area contributed by atoms with Crippen LogP contribution < -0.4 is 14.2 Å². The summed E-state index contributed by atoms with van der Waals surface area (Å²) in [6.45, 7) is 3.90. The molecular weight excluding hydrogens is 248 g/mol. The van der Waals surface area contributed by atoms with Crippen LogP contribution in [0.25, 0.3) is 0 Å². The smallest absolute Gasteiger partial charge is 0.204 e. The number of rotatable bonds is 7. The Labute approximate surface area is 113 Å². The van der Waals surface area contributed by atoms with Gasteiger partial charge >= 0.3 is 0 Å². The molecule has 0 saturated heterocycles. The van der Waals surface area contributed by atoms with Crippen LogP contribution in [-0.4, -0.2) is 31.7 Å². The molecule has 1 rings (SSSR count). The minimum absolute atomic E-state index is 0.106. The van der Waals surface area contributed by atoms with E-state index in [9.17, 15) is 9.90 Å². The van der Waals surface area contributed by atoms with Crippen LogP contribution in [0.5, 0.6) is 23.0 Å². The highest BCUT2D eigenvalue weighted by Gasteiger charge is 2.23. The van der Waals surface area contributed by atoms with Gasteiger partial charge in [0.1, 0.15) is 11.3 Å². The van der Waals surface area contributed by atoms with Crippen LogP contribution in [-0.2, 0) is 0 Å². The van der Waals surface area contributed by atoms with Crippen LogP contribution in [0.2, 0.25) is 0 Å². The summed E-state index contributed by atoms with van der Waals surface area (Å²) in [6, 6.07) is 1.36. The molecule has 0 heterocycles. The molecule has 0 saturated carbocycles. The first-order valence-electron chi connectivity index (χ1n) is 6.18. The lowest BCUT2D eigenvalue weighted by molar-refractivity contribution is 0.101. The van der Waals surface area contributed by atoms with Crippen LogP contribution in [0.3, 0.4) is 0 Å². The van der Waals surface area contributed by atoms with E-state index < -0.39 is 0 Å². The second-order valence-corrected chi connectivity index (χ2v) is 4.09. The number of phenols is 1. The normalized spacial score (nSPS) is 10.1. The molecule has 5 heteroatoms. The van der Waals surface area contributed by atoms with E-state index in [2.05, 4.69) is 6.92 Å². The summed E-state index contributed by atoms with van der Waals surface area (Å²) in [6.07, 6.45) is 1.87. The first-order chi connectivity index (χ1) is 9.06. The zero-order valence-electron chi connectivity index (χ0n) is 11.8. The molecule has 106 valence electrons. The highest BCUT2D eigenvalue weighted by Crippen LogP contribution is 2.45. The number of Topliss-reactive ketones (excluding diaryl/α,β-unsaturated/α-hetero) is 1. The molecule has 0 atom stereocenters. The maximum Gasteiger partial charge on any atom is 0.204 e. The lowest BCUT2D eigenvalue weighted by Crippen LogP contribution is -2.05. The van der Waals surface area contributed by atoms with Gasteiger partial charge in [0.15, 0.2) is 17.3 Å². The molecule has 0 amide bonds. The summed E-state index contributed by atoms with van der Waals surface area (Å²) in [5.74, 6) is 0.429. The van der Waals surface area contributed by atoms with Gasteiger partial charge in [-0.05, 0) is 13.3 Å². The van der Waals surface area contributed by atoms with Crippen LogP contribution in [0.4, 0.5) is 0 Å². The second-order valence-electron chi connectivity index (χ2n) is 4.09. The number of carbonyl (C=O) groups is 1. The lowest BCUT2D eigenvalue weighted by Gasteiger charge is -2.17. The zero-order valence-corrected chi connectivity index (χ0v) is 11.8. The number of benzene rings is 1. The summed E-state index contributed by atoms with van der Waals surface area (Å²) in [4.78, 5) is 11.6. The molecule has 0 radical (unpaired) electrons. The molecule has 0 aliphatic carbocycles. The van der Waals surface area contributed by atoms with E-state index in [1.165, 1.54) is 27.2 Å². The Morgan fingerprint density at radius 3 is 2.42 bits per heavy atom. The maximum atomic E-state index is 11.6. The van der Waals surface area contributed by atoms with Crippen molar-refractivity contribution in [2.75, 3.05) is 20.8 Å². The maximum absolute atomic E-state index is 11.6. The summed E-state index contributed by atoms with van der Waals surface area (Å²) in [5, 5.41) is 9.86. The van der Waals surface area contributed by atoms with Gasteiger partial charge in [0.05, 0.1) is 20.8 Å². The number of hydrogen-bond acceptors (Lipinski definition) is 5. The molecule has 0 spiro atoms. The Morgan fingerprint density at radius 2 is 1.95 bits per heavy atom.